The van der Waals surface area contributed by atoms with E-state index >= 15 is 0 Å². The van der Waals surface area contributed by atoms with E-state index in [2.05, 4.69) is 10.2 Å². The van der Waals surface area contributed by atoms with Gasteiger partial charge in [-0.15, -0.1) is 12.4 Å². The minimum absolute atomic E-state index is 0. The zero-order valence-electron chi connectivity index (χ0n) is 19.2. The van der Waals surface area contributed by atoms with Crippen LogP contribution in [0.5, 0.6) is 5.75 Å². The normalized spacial score (nSPS) is 21.1. The fourth-order valence-electron chi connectivity index (χ4n) is 4.69. The second kappa shape index (κ2) is 11.3. The third-order valence-electron chi connectivity index (χ3n) is 6.61. The number of hydrogen-bond acceptors (Lipinski definition) is 5. The molecule has 0 bridgehead atoms. The molecule has 11 heteroatoms. The monoisotopic (exact) mass is 509 g/mol. The van der Waals surface area contributed by atoms with Crippen molar-refractivity contribution in [2.45, 2.75) is 50.5 Å². The zero-order valence-corrected chi connectivity index (χ0v) is 20.8. The molecular formula is C22H34ClF2N3O4S. The Hall–Kier alpha value is -1.49. The molecule has 1 aromatic rings. The Morgan fingerprint density at radius 3 is 2.27 bits per heavy atom. The maximum Gasteiger partial charge on any atom is 0.255 e. The number of nitrogens with zero attached hydrogens (tertiary/aromatic N) is 2. The van der Waals surface area contributed by atoms with Gasteiger partial charge < -0.3 is 10.1 Å². The number of carbonyl (C=O) groups is 1. The number of sulfonamides is 1. The lowest BCUT2D eigenvalue weighted by atomic mass is 9.78. The van der Waals surface area contributed by atoms with Gasteiger partial charge in [0.15, 0.2) is 0 Å². The number of hydrogen-bond donors (Lipinski definition) is 1. The quantitative estimate of drug-likeness (QED) is 0.582. The molecule has 33 heavy (non-hydrogen) atoms. The summed E-state index contributed by atoms with van der Waals surface area (Å²) in [6, 6.07) is 6.87. The largest absolute Gasteiger partial charge is 0.496 e. The zero-order chi connectivity index (χ0) is 23.4. The van der Waals surface area contributed by atoms with E-state index in [1.54, 1.807) is 24.3 Å². The topological polar surface area (TPSA) is 79.0 Å². The number of benzene rings is 1. The number of piperazine rings is 1. The van der Waals surface area contributed by atoms with Gasteiger partial charge in [-0.1, -0.05) is 19.1 Å². The fourth-order valence-corrected chi connectivity index (χ4v) is 6.18. The van der Waals surface area contributed by atoms with Crippen molar-refractivity contribution in [2.24, 2.45) is 0 Å². The Bertz CT molecular complexity index is 899. The number of alkyl halides is 2. The number of halogens is 3. The molecule has 1 aromatic carbocycles. The van der Waals surface area contributed by atoms with Crippen LogP contribution in [0.25, 0.3) is 0 Å². The van der Waals surface area contributed by atoms with Gasteiger partial charge in [0.1, 0.15) is 5.75 Å². The molecule has 0 spiro atoms. The summed E-state index contributed by atoms with van der Waals surface area (Å²) in [5.41, 5.74) is -0.235. The third kappa shape index (κ3) is 6.55. The molecule has 1 N–H and O–H groups in total. The number of amides is 1. The summed E-state index contributed by atoms with van der Waals surface area (Å²) in [6.07, 6.45) is 0.552. The van der Waals surface area contributed by atoms with E-state index in [9.17, 15) is 22.0 Å². The Morgan fingerprint density at radius 2 is 1.70 bits per heavy atom. The smallest absolute Gasteiger partial charge is 0.255 e. The Labute approximate surface area is 201 Å². The maximum atomic E-state index is 14.0. The van der Waals surface area contributed by atoms with Crippen LogP contribution in [0.4, 0.5) is 8.78 Å². The third-order valence-corrected chi connectivity index (χ3v) is 8.68. The number of nitrogens with one attached hydrogen (secondary N) is 1. The summed E-state index contributed by atoms with van der Waals surface area (Å²) in [4.78, 5) is 14.9. The molecule has 0 aromatic heterocycles. The number of ether oxygens (including phenoxy) is 1. The molecule has 1 aliphatic carbocycles. The van der Waals surface area contributed by atoms with Crippen molar-refractivity contribution in [1.29, 1.82) is 0 Å². The van der Waals surface area contributed by atoms with Crippen LogP contribution in [-0.4, -0.2) is 80.6 Å². The molecule has 1 aliphatic heterocycles. The molecule has 2 aliphatic rings. The fraction of sp³-hybridized carbons (Fsp3) is 0.682. The lowest BCUT2D eigenvalue weighted by molar-refractivity contribution is -0.0856. The van der Waals surface area contributed by atoms with Crippen molar-refractivity contribution in [3.05, 3.63) is 29.8 Å². The van der Waals surface area contributed by atoms with Gasteiger partial charge in [0.25, 0.3) is 5.91 Å². The molecule has 1 saturated carbocycles. The average Bonchev–Trinajstić information content (AvgIpc) is 2.78. The predicted octanol–water partition coefficient (Wildman–Crippen LogP) is 3.15. The highest BCUT2D eigenvalue weighted by atomic mass is 35.5. The van der Waals surface area contributed by atoms with Crippen molar-refractivity contribution in [3.8, 4) is 5.75 Å². The second-order valence-corrected chi connectivity index (χ2v) is 10.8. The Morgan fingerprint density at radius 1 is 1.09 bits per heavy atom. The number of rotatable bonds is 8. The van der Waals surface area contributed by atoms with Crippen molar-refractivity contribution >= 4 is 28.3 Å². The number of carbonyl (C=O) groups excluding carboxylic acids is 1. The van der Waals surface area contributed by atoms with Crippen LogP contribution in [0.3, 0.4) is 0 Å². The van der Waals surface area contributed by atoms with E-state index in [1.165, 1.54) is 11.4 Å². The van der Waals surface area contributed by atoms with Gasteiger partial charge in [0.05, 0.1) is 18.4 Å². The first kappa shape index (κ1) is 27.8. The van der Waals surface area contributed by atoms with Crippen LogP contribution in [0.1, 0.15) is 49.4 Å². The molecular weight excluding hydrogens is 476 g/mol. The number of methoxy groups -OCH3 is 1. The van der Waals surface area contributed by atoms with Gasteiger partial charge >= 0.3 is 0 Å². The van der Waals surface area contributed by atoms with Gasteiger partial charge in [-0.25, -0.2) is 17.2 Å². The first-order valence-corrected chi connectivity index (χ1v) is 12.8. The highest BCUT2D eigenvalue weighted by Gasteiger charge is 2.47. The molecule has 1 heterocycles. The van der Waals surface area contributed by atoms with Crippen LogP contribution < -0.4 is 10.1 Å². The van der Waals surface area contributed by atoms with E-state index in [0.29, 0.717) is 43.9 Å². The number of para-hydroxylation sites is 1. The van der Waals surface area contributed by atoms with Crippen LogP contribution in [0.15, 0.2) is 24.3 Å². The molecule has 0 unspecified atom stereocenters. The predicted molar refractivity (Wildman–Crippen MR) is 126 cm³/mol. The lowest BCUT2D eigenvalue weighted by Crippen LogP contribution is -2.63. The Balaban J connectivity index is 0.00000385. The van der Waals surface area contributed by atoms with Crippen LogP contribution in [0, 0.1) is 0 Å². The van der Waals surface area contributed by atoms with Crippen LogP contribution in [-0.2, 0) is 10.0 Å². The molecule has 1 amide bonds. The van der Waals surface area contributed by atoms with E-state index in [0.717, 1.165) is 0 Å². The highest BCUT2D eigenvalue weighted by molar-refractivity contribution is 7.89. The summed E-state index contributed by atoms with van der Waals surface area (Å²) in [5, 5.41) is 2.93. The minimum Gasteiger partial charge on any atom is -0.496 e. The molecule has 188 valence electrons. The molecule has 7 nitrogen and oxygen atoms in total. The van der Waals surface area contributed by atoms with Crippen molar-refractivity contribution in [2.75, 3.05) is 45.6 Å². The van der Waals surface area contributed by atoms with Crippen LogP contribution >= 0.6 is 12.4 Å². The van der Waals surface area contributed by atoms with E-state index in [1.807, 2.05) is 6.92 Å². The molecule has 0 atom stereocenters. The Kier molecular flexibility index (Phi) is 9.50. The molecule has 2 fully saturated rings. The summed E-state index contributed by atoms with van der Waals surface area (Å²) in [6.45, 7) is 3.64. The summed E-state index contributed by atoms with van der Waals surface area (Å²) in [7, 11) is -1.80. The van der Waals surface area contributed by atoms with Gasteiger partial charge in [-0.2, -0.15) is 4.31 Å². The molecule has 3 rings (SSSR count). The first-order chi connectivity index (χ1) is 15.1. The summed E-state index contributed by atoms with van der Waals surface area (Å²) >= 11 is 0. The highest BCUT2D eigenvalue weighted by Crippen LogP contribution is 2.42. The molecule has 1 saturated heterocycles. The summed E-state index contributed by atoms with van der Waals surface area (Å²) in [5.74, 6) is -2.46. The van der Waals surface area contributed by atoms with Crippen molar-refractivity contribution < 1.29 is 26.7 Å². The van der Waals surface area contributed by atoms with Gasteiger partial charge in [-0.05, 0) is 31.4 Å². The average molecular weight is 510 g/mol. The lowest BCUT2D eigenvalue weighted by Gasteiger charge is -2.50. The van der Waals surface area contributed by atoms with Gasteiger partial charge in [0, 0.05) is 51.1 Å². The van der Waals surface area contributed by atoms with Crippen LogP contribution in [0.2, 0.25) is 0 Å². The second-order valence-electron chi connectivity index (χ2n) is 8.67. The van der Waals surface area contributed by atoms with E-state index in [4.69, 9.17) is 4.74 Å². The van der Waals surface area contributed by atoms with Gasteiger partial charge in [0.2, 0.25) is 15.9 Å². The summed E-state index contributed by atoms with van der Waals surface area (Å²) < 4.78 is 59.5. The SMILES string of the molecule is CCCS(=O)(=O)N1CCN(C2(CNC(=O)c3ccccc3OC)CCC(F)(F)CC2)CC1.Cl. The van der Waals surface area contributed by atoms with Gasteiger partial charge in [-0.3, -0.25) is 9.69 Å². The first-order valence-electron chi connectivity index (χ1n) is 11.1. The maximum absolute atomic E-state index is 14.0. The minimum atomic E-state index is -3.29. The van der Waals surface area contributed by atoms with E-state index in [-0.39, 0.29) is 56.3 Å². The van der Waals surface area contributed by atoms with Crippen molar-refractivity contribution in [3.63, 3.8) is 0 Å². The van der Waals surface area contributed by atoms with E-state index < -0.39 is 21.5 Å². The standard InChI is InChI=1S/C22H33F2N3O4S.ClH/c1-3-16-32(29,30)27-14-12-26(13-15-27)21(8-10-22(23,24)11-9-21)17-25-20(28)18-6-4-5-7-19(18)31-2;/h4-7H,3,8-17H2,1-2H3,(H,25,28);1H. The van der Waals surface area contributed by atoms with Crippen molar-refractivity contribution in [1.82, 2.24) is 14.5 Å². The molecule has 0 radical (unpaired) electrons.